The minimum Gasteiger partial charge on any atom is -0.454 e. The highest BCUT2D eigenvalue weighted by Crippen LogP contribution is 2.54. The molecule has 1 aromatic carbocycles. The zero-order valence-corrected chi connectivity index (χ0v) is 15.0. The van der Waals surface area contributed by atoms with E-state index in [0.29, 0.717) is 25.1 Å². The van der Waals surface area contributed by atoms with Crippen molar-refractivity contribution in [2.24, 2.45) is 0 Å². The summed E-state index contributed by atoms with van der Waals surface area (Å²) in [5.74, 6) is -0.378. The van der Waals surface area contributed by atoms with E-state index in [0.717, 1.165) is 12.0 Å². The molecule has 1 aromatic rings. The topological polar surface area (TPSA) is 75.7 Å². The van der Waals surface area contributed by atoms with Gasteiger partial charge in [-0.15, -0.1) is 11.8 Å². The zero-order chi connectivity index (χ0) is 17.9. The molecule has 6 nitrogen and oxygen atoms in total. The number of ether oxygens (including phenoxy) is 1. The summed E-state index contributed by atoms with van der Waals surface area (Å²) in [4.78, 5) is 37.7. The van der Waals surface area contributed by atoms with Crippen molar-refractivity contribution >= 4 is 29.5 Å². The third kappa shape index (κ3) is 3.38. The van der Waals surface area contributed by atoms with Crippen molar-refractivity contribution in [1.29, 1.82) is 0 Å². The largest absolute Gasteiger partial charge is 0.454 e. The first-order valence-electron chi connectivity index (χ1n) is 8.53. The number of rotatable bonds is 6. The van der Waals surface area contributed by atoms with Gasteiger partial charge < -0.3 is 15.0 Å². The molecule has 0 aliphatic carbocycles. The lowest BCUT2D eigenvalue weighted by atomic mass is 10.0. The van der Waals surface area contributed by atoms with Crippen molar-refractivity contribution in [3.05, 3.63) is 35.9 Å². The van der Waals surface area contributed by atoms with Crippen LogP contribution in [0.5, 0.6) is 0 Å². The molecule has 3 rings (SSSR count). The number of nitrogens with zero attached hydrogens (tertiary/aromatic N) is 1. The van der Waals surface area contributed by atoms with E-state index in [4.69, 9.17) is 4.74 Å². The second-order valence-electron chi connectivity index (χ2n) is 6.20. The van der Waals surface area contributed by atoms with Gasteiger partial charge in [0.05, 0.1) is 0 Å². The van der Waals surface area contributed by atoms with E-state index in [1.807, 2.05) is 37.3 Å². The molecule has 0 unspecified atom stereocenters. The molecule has 2 atom stereocenters. The molecule has 25 heavy (non-hydrogen) atoms. The smallest absolute Gasteiger partial charge is 0.330 e. The maximum absolute atomic E-state index is 12.5. The fraction of sp³-hybridized carbons (Fsp3) is 0.500. The number of hydrogen-bond donors (Lipinski definition) is 1. The van der Waals surface area contributed by atoms with Crippen molar-refractivity contribution in [3.63, 3.8) is 0 Å². The van der Waals surface area contributed by atoms with E-state index in [9.17, 15) is 14.4 Å². The molecule has 0 aromatic heterocycles. The monoisotopic (exact) mass is 362 g/mol. The number of carbonyl (C=O) groups is 3. The Morgan fingerprint density at radius 1 is 1.36 bits per heavy atom. The van der Waals surface area contributed by atoms with Crippen molar-refractivity contribution in [2.75, 3.05) is 18.9 Å². The number of fused-ring (bicyclic) bond motifs is 1. The molecule has 2 fully saturated rings. The van der Waals surface area contributed by atoms with Crippen LogP contribution in [0.15, 0.2) is 30.3 Å². The molecule has 134 valence electrons. The molecule has 0 saturated carbocycles. The number of thioether (sulfide) groups is 1. The van der Waals surface area contributed by atoms with Gasteiger partial charge in [0.25, 0.3) is 5.91 Å². The Morgan fingerprint density at radius 2 is 2.12 bits per heavy atom. The normalized spacial score (nSPS) is 24.9. The lowest BCUT2D eigenvalue weighted by molar-refractivity contribution is -0.156. The second kappa shape index (κ2) is 7.47. The van der Waals surface area contributed by atoms with E-state index in [-0.39, 0.29) is 18.4 Å². The van der Waals surface area contributed by atoms with E-state index in [2.05, 4.69) is 5.32 Å². The molecule has 0 spiro atoms. The summed E-state index contributed by atoms with van der Waals surface area (Å²) in [6.45, 7) is 2.20. The van der Waals surface area contributed by atoms with Gasteiger partial charge in [-0.2, -0.15) is 0 Å². The van der Waals surface area contributed by atoms with Crippen molar-refractivity contribution in [1.82, 2.24) is 10.2 Å². The summed E-state index contributed by atoms with van der Waals surface area (Å²) in [7, 11) is 0. The van der Waals surface area contributed by atoms with E-state index in [1.54, 1.807) is 16.7 Å². The standard InChI is InChI=1S/C18H22N2O4S/c1-2-10-19-15(21)11-24-17(23)14-12-25-18(9-8-16(22)20(14)18)13-6-4-3-5-7-13/h3-7,14H,2,8-12H2,1H3,(H,19,21)/t14-,18+/m0/s1. The van der Waals surface area contributed by atoms with Gasteiger partial charge in [-0.25, -0.2) is 4.79 Å². The highest BCUT2D eigenvalue weighted by atomic mass is 32.2. The molecular formula is C18H22N2O4S. The first kappa shape index (κ1) is 17.8. The SMILES string of the molecule is CCCNC(=O)COC(=O)[C@@H]1CS[C@@]2(c3ccccc3)CCC(=O)N12. The van der Waals surface area contributed by atoms with Crippen molar-refractivity contribution in [2.45, 2.75) is 37.1 Å². The zero-order valence-electron chi connectivity index (χ0n) is 14.2. The van der Waals surface area contributed by atoms with Gasteiger partial charge in [-0.05, 0) is 18.4 Å². The van der Waals surface area contributed by atoms with Crippen molar-refractivity contribution in [3.8, 4) is 0 Å². The number of nitrogens with one attached hydrogen (secondary N) is 1. The molecule has 7 heteroatoms. The van der Waals surface area contributed by atoms with Crippen LogP contribution >= 0.6 is 11.8 Å². The maximum Gasteiger partial charge on any atom is 0.330 e. The third-order valence-corrected chi connectivity index (χ3v) is 6.14. The number of esters is 1. The van der Waals surface area contributed by atoms with Gasteiger partial charge in [0.2, 0.25) is 5.91 Å². The molecule has 2 amide bonds. The fourth-order valence-electron chi connectivity index (χ4n) is 3.36. The van der Waals surface area contributed by atoms with Crippen LogP contribution < -0.4 is 5.32 Å². The van der Waals surface area contributed by atoms with Crippen LogP contribution in [0.1, 0.15) is 31.7 Å². The van der Waals surface area contributed by atoms with Crippen LogP contribution in [0.3, 0.4) is 0 Å². The van der Waals surface area contributed by atoms with Gasteiger partial charge in [0.1, 0.15) is 10.9 Å². The van der Waals surface area contributed by atoms with E-state index >= 15 is 0 Å². The Hall–Kier alpha value is -2.02. The molecule has 2 aliphatic heterocycles. The van der Waals surface area contributed by atoms with E-state index in [1.165, 1.54) is 0 Å². The summed E-state index contributed by atoms with van der Waals surface area (Å²) in [5, 5.41) is 2.66. The summed E-state index contributed by atoms with van der Waals surface area (Å²) >= 11 is 1.61. The van der Waals surface area contributed by atoms with E-state index < -0.39 is 16.9 Å². The summed E-state index contributed by atoms with van der Waals surface area (Å²) in [5.41, 5.74) is 1.03. The average molecular weight is 362 g/mol. The average Bonchev–Trinajstić information content (AvgIpc) is 3.18. The predicted molar refractivity (Wildman–Crippen MR) is 94.7 cm³/mol. The lowest BCUT2D eigenvalue weighted by Gasteiger charge is -2.33. The molecule has 1 N–H and O–H groups in total. The lowest BCUT2D eigenvalue weighted by Crippen LogP contribution is -2.47. The number of benzene rings is 1. The minimum atomic E-state index is -0.640. The Labute approximate surface area is 151 Å². The molecule has 2 saturated heterocycles. The Bertz CT molecular complexity index is 666. The molecule has 2 heterocycles. The second-order valence-corrected chi connectivity index (χ2v) is 7.50. The summed E-state index contributed by atoms with van der Waals surface area (Å²) in [6.07, 6.45) is 1.92. The van der Waals surface area contributed by atoms with Crippen LogP contribution in [-0.2, 0) is 24.0 Å². The quantitative estimate of drug-likeness (QED) is 0.779. The number of carbonyl (C=O) groups excluding carboxylic acids is 3. The minimum absolute atomic E-state index is 0.0359. The Balaban J connectivity index is 1.71. The first-order chi connectivity index (χ1) is 12.1. The van der Waals surface area contributed by atoms with Gasteiger partial charge in [0.15, 0.2) is 6.61 Å². The number of amides is 2. The van der Waals surface area contributed by atoms with Gasteiger partial charge in [-0.1, -0.05) is 37.3 Å². The number of hydrogen-bond acceptors (Lipinski definition) is 5. The highest BCUT2D eigenvalue weighted by Gasteiger charge is 2.57. The maximum atomic E-state index is 12.5. The molecular weight excluding hydrogens is 340 g/mol. The molecule has 2 aliphatic rings. The fourth-order valence-corrected chi connectivity index (χ4v) is 5.00. The Morgan fingerprint density at radius 3 is 2.84 bits per heavy atom. The van der Waals surface area contributed by atoms with Crippen LogP contribution in [0.4, 0.5) is 0 Å². The predicted octanol–water partition coefficient (Wildman–Crippen LogP) is 1.65. The van der Waals surface area contributed by atoms with Gasteiger partial charge >= 0.3 is 5.97 Å². The van der Waals surface area contributed by atoms with Crippen molar-refractivity contribution < 1.29 is 19.1 Å². The van der Waals surface area contributed by atoms with Gasteiger partial charge in [0, 0.05) is 18.7 Å². The molecule has 0 bridgehead atoms. The first-order valence-corrected chi connectivity index (χ1v) is 9.52. The highest BCUT2D eigenvalue weighted by molar-refractivity contribution is 8.00. The van der Waals surface area contributed by atoms with Gasteiger partial charge in [-0.3, -0.25) is 9.59 Å². The third-order valence-electron chi connectivity index (χ3n) is 4.54. The summed E-state index contributed by atoms with van der Waals surface area (Å²) < 4.78 is 5.16. The van der Waals surface area contributed by atoms with Crippen LogP contribution in [0.25, 0.3) is 0 Å². The van der Waals surface area contributed by atoms with Crippen LogP contribution in [0, 0.1) is 0 Å². The van der Waals surface area contributed by atoms with Crippen LogP contribution in [0.2, 0.25) is 0 Å². The Kier molecular flexibility index (Phi) is 5.32. The van der Waals surface area contributed by atoms with Crippen LogP contribution in [-0.4, -0.2) is 47.6 Å². The summed E-state index contributed by atoms with van der Waals surface area (Å²) in [6, 6.07) is 9.15. The molecule has 0 radical (unpaired) electrons.